The summed E-state index contributed by atoms with van der Waals surface area (Å²) in [4.78, 5) is 2.26. The van der Waals surface area contributed by atoms with E-state index in [2.05, 4.69) is 22.5 Å². The number of benzene rings is 2. The van der Waals surface area contributed by atoms with E-state index in [1.807, 2.05) is 11.9 Å². The number of halogens is 4. The molecular weight excluding hydrogens is 561 g/mol. The molecule has 1 aliphatic rings. The Morgan fingerprint density at radius 1 is 1.23 bits per heavy atom. The van der Waals surface area contributed by atoms with Gasteiger partial charge in [-0.25, -0.2) is 4.39 Å². The molecule has 4 rings (SSSR count). The number of piperidine rings is 1. The van der Waals surface area contributed by atoms with Gasteiger partial charge in [-0.2, -0.15) is 13.2 Å². The van der Waals surface area contributed by atoms with Crippen molar-refractivity contribution in [2.75, 3.05) is 57.8 Å². The molecule has 11 heteroatoms. The Morgan fingerprint density at radius 3 is 2.62 bits per heavy atom. The zero-order valence-corrected chi connectivity index (χ0v) is 24.9. The Bertz CT molecular complexity index is 1470. The lowest BCUT2D eigenvalue weighted by molar-refractivity contribution is -0.146. The van der Waals surface area contributed by atoms with Crippen LogP contribution in [0.4, 0.5) is 28.9 Å². The van der Waals surface area contributed by atoms with Crippen LogP contribution in [0.3, 0.4) is 0 Å². The molecule has 3 aromatic rings. The number of hydrogen-bond acceptors (Lipinski definition) is 6. The van der Waals surface area contributed by atoms with Crippen LogP contribution in [0.2, 0.25) is 0 Å². The molecule has 1 saturated heterocycles. The van der Waals surface area contributed by atoms with Crippen LogP contribution in [0, 0.1) is 11.8 Å². The molecule has 1 fully saturated rings. The van der Waals surface area contributed by atoms with E-state index in [0.29, 0.717) is 50.4 Å². The van der Waals surface area contributed by atoms with Gasteiger partial charge in [-0.05, 0) is 68.9 Å². The number of rotatable bonds is 7. The summed E-state index contributed by atoms with van der Waals surface area (Å²) in [6, 6.07) is 9.97. The Hall–Kier alpha value is -2.73. The highest BCUT2D eigenvalue weighted by Crippen LogP contribution is 2.45. The van der Waals surface area contributed by atoms with Crippen LogP contribution in [0.1, 0.15) is 29.7 Å². The first-order chi connectivity index (χ1) is 18.8. The van der Waals surface area contributed by atoms with E-state index in [9.17, 15) is 22.1 Å². The fourth-order valence-electron chi connectivity index (χ4n) is 4.78. The van der Waals surface area contributed by atoms with Crippen molar-refractivity contribution < 1.29 is 26.9 Å². The highest BCUT2D eigenvalue weighted by Gasteiger charge is 2.40. The van der Waals surface area contributed by atoms with Gasteiger partial charge in [0.15, 0.2) is 0 Å². The van der Waals surface area contributed by atoms with Crippen LogP contribution in [0.5, 0.6) is 5.75 Å². The van der Waals surface area contributed by atoms with Crippen molar-refractivity contribution in [3.8, 4) is 17.6 Å². The first-order valence-electron chi connectivity index (χ1n) is 13.0. The van der Waals surface area contributed by atoms with Crippen LogP contribution in [0.25, 0.3) is 10.1 Å². The number of fused-ring (bicyclic) bond motifs is 1. The number of methoxy groups -OCH3 is 1. The van der Waals surface area contributed by atoms with E-state index in [4.69, 9.17) is 4.74 Å². The number of ether oxygens (including phenoxy) is 1. The van der Waals surface area contributed by atoms with Crippen molar-refractivity contribution in [1.29, 1.82) is 0 Å². The third-order valence-corrected chi connectivity index (χ3v) is 9.83. The number of anilines is 2. The predicted molar refractivity (Wildman–Crippen MR) is 158 cm³/mol. The molecule has 0 spiro atoms. The second kappa shape index (κ2) is 12.0. The van der Waals surface area contributed by atoms with E-state index in [0.717, 1.165) is 13.5 Å². The van der Waals surface area contributed by atoms with Gasteiger partial charge in [0, 0.05) is 18.4 Å². The van der Waals surface area contributed by atoms with Crippen LogP contribution < -0.4 is 20.7 Å². The average molecular weight is 596 g/mol. The normalized spacial score (nSPS) is 19.1. The van der Waals surface area contributed by atoms with Gasteiger partial charge in [0.25, 0.3) is 0 Å². The zero-order valence-electron chi connectivity index (χ0n) is 23.2. The van der Waals surface area contributed by atoms with Crippen LogP contribution in [-0.4, -0.2) is 70.4 Å². The van der Waals surface area contributed by atoms with Crippen LogP contribution in [-0.2, 0) is 4.57 Å². The third kappa shape index (κ3) is 6.76. The van der Waals surface area contributed by atoms with Crippen molar-refractivity contribution in [2.24, 2.45) is 0 Å². The predicted octanol–water partition coefficient (Wildman–Crippen LogP) is 6.74. The maximum absolute atomic E-state index is 14.7. The Morgan fingerprint density at radius 2 is 1.98 bits per heavy atom. The van der Waals surface area contributed by atoms with E-state index >= 15 is 0 Å². The number of thiophene rings is 1. The maximum Gasteiger partial charge on any atom is 0.395 e. The number of hydrogen-bond donors (Lipinski definition) is 2. The van der Waals surface area contributed by atoms with Crippen molar-refractivity contribution in [3.63, 3.8) is 0 Å². The van der Waals surface area contributed by atoms with Crippen LogP contribution in [0.15, 0.2) is 36.4 Å². The fourth-order valence-corrected chi connectivity index (χ4v) is 6.89. The molecule has 3 atom stereocenters. The smallest absolute Gasteiger partial charge is 0.395 e. The minimum atomic E-state index is -4.45. The van der Waals surface area contributed by atoms with Gasteiger partial charge in [-0.3, -0.25) is 0 Å². The summed E-state index contributed by atoms with van der Waals surface area (Å²) in [7, 11) is 0.909. The van der Waals surface area contributed by atoms with Gasteiger partial charge >= 0.3 is 6.18 Å². The molecular formula is C29H34F4N3O2PS. The number of likely N-dealkylation sites (tertiary alicyclic amines) is 1. The minimum absolute atomic E-state index is 0.132. The second-order valence-corrected chi connectivity index (χ2v) is 14.7. The topological polar surface area (TPSA) is 53.6 Å². The Labute approximate surface area is 236 Å². The molecule has 216 valence electrons. The summed E-state index contributed by atoms with van der Waals surface area (Å²) in [5, 5.41) is 7.55. The molecule has 2 aromatic carbocycles. The van der Waals surface area contributed by atoms with Gasteiger partial charge in [0.2, 0.25) is 0 Å². The highest BCUT2D eigenvalue weighted by molar-refractivity contribution is 7.70. The average Bonchev–Trinajstić information content (AvgIpc) is 3.25. The molecule has 0 aliphatic carbocycles. The Balaban J connectivity index is 1.64. The molecule has 0 amide bonds. The molecule has 5 nitrogen and oxygen atoms in total. The molecule has 2 N–H and O–H groups in total. The molecule has 1 unspecified atom stereocenters. The monoisotopic (exact) mass is 595 g/mol. The van der Waals surface area contributed by atoms with Gasteiger partial charge in [0.1, 0.15) is 19.1 Å². The molecule has 40 heavy (non-hydrogen) atoms. The molecule has 2 heterocycles. The summed E-state index contributed by atoms with van der Waals surface area (Å²) >= 11 is 1.19. The second-order valence-electron chi connectivity index (χ2n) is 10.5. The summed E-state index contributed by atoms with van der Waals surface area (Å²) in [5.74, 6) is 4.69. The Kier molecular flexibility index (Phi) is 9.08. The first kappa shape index (κ1) is 30.2. The maximum atomic E-state index is 14.7. The van der Waals surface area contributed by atoms with Crippen LogP contribution >= 0.6 is 18.5 Å². The quantitative estimate of drug-likeness (QED) is 0.180. The lowest BCUT2D eigenvalue weighted by atomic mass is 9.96. The summed E-state index contributed by atoms with van der Waals surface area (Å²) in [6.07, 6.45) is -4.93. The molecule has 0 radical (unpaired) electrons. The summed E-state index contributed by atoms with van der Waals surface area (Å²) < 4.78 is 75.0. The van der Waals surface area contributed by atoms with Crippen molar-refractivity contribution >= 4 is 45.2 Å². The number of nitrogens with one attached hydrogen (secondary N) is 2. The largest absolute Gasteiger partial charge is 0.495 e. The van der Waals surface area contributed by atoms with E-state index in [1.165, 1.54) is 18.4 Å². The molecule has 1 aromatic heterocycles. The lowest BCUT2D eigenvalue weighted by Gasteiger charge is -2.33. The van der Waals surface area contributed by atoms with Gasteiger partial charge < -0.3 is 24.8 Å². The standard InChI is InChI=1S/C29H34F4N3O2PS/c1-18(29(31,32)33)27-20-8-6-9-24(35-22-13-15-36(2)17-21(22)30)28(20)40-26(27)10-7-14-34-23-12-11-19(39(4,5)37)16-25(23)38-3/h6,8-9,11-12,16,18,21-22,34-35H,13-15,17H2,1-5H3/t18?,21-,22+/m0/s1. The summed E-state index contributed by atoms with van der Waals surface area (Å²) in [5.41, 5.74) is 1.39. The fraction of sp³-hybridized carbons (Fsp3) is 0.448. The first-order valence-corrected chi connectivity index (χ1v) is 16.4. The van der Waals surface area contributed by atoms with E-state index < -0.39 is 31.4 Å². The molecule has 0 bridgehead atoms. The van der Waals surface area contributed by atoms with Crippen molar-refractivity contribution in [2.45, 2.75) is 37.7 Å². The number of nitrogens with zero attached hydrogens (tertiary/aromatic N) is 1. The van der Waals surface area contributed by atoms with Gasteiger partial charge in [-0.1, -0.05) is 24.0 Å². The SMILES string of the molecule is COc1cc(P(C)(C)=O)ccc1NCC#Cc1sc2c(N[C@@H]3CCN(C)C[C@@H]3F)cccc2c1C(C)C(F)(F)F. The minimum Gasteiger partial charge on any atom is -0.495 e. The van der Waals surface area contributed by atoms with Crippen molar-refractivity contribution in [3.05, 3.63) is 46.8 Å². The van der Waals surface area contributed by atoms with Crippen molar-refractivity contribution in [1.82, 2.24) is 4.90 Å². The third-order valence-electron chi connectivity index (χ3n) is 7.14. The number of alkyl halides is 4. The molecule has 0 saturated carbocycles. The van der Waals surface area contributed by atoms with Gasteiger partial charge in [-0.15, -0.1) is 11.3 Å². The lowest BCUT2D eigenvalue weighted by Crippen LogP contribution is -2.46. The highest BCUT2D eigenvalue weighted by atomic mass is 32.1. The zero-order chi connectivity index (χ0) is 29.2. The molecule has 1 aliphatic heterocycles. The summed E-state index contributed by atoms with van der Waals surface area (Å²) in [6.45, 7) is 5.70. The van der Waals surface area contributed by atoms with Gasteiger partial charge in [0.05, 0.1) is 46.6 Å². The van der Waals surface area contributed by atoms with E-state index in [-0.39, 0.29) is 12.1 Å². The van der Waals surface area contributed by atoms with E-state index in [1.54, 1.807) is 49.7 Å².